The Labute approximate surface area is 163 Å². The summed E-state index contributed by atoms with van der Waals surface area (Å²) in [6.45, 7) is 6.86. The van der Waals surface area contributed by atoms with E-state index in [1.54, 1.807) is 12.1 Å². The first-order valence-electron chi connectivity index (χ1n) is 9.88. The van der Waals surface area contributed by atoms with Crippen molar-refractivity contribution in [2.24, 2.45) is 0 Å². The number of rotatable bonds is 11. The Balaban J connectivity index is 0.000000271. The molecule has 0 radical (unpaired) electrons. The highest BCUT2D eigenvalue weighted by molar-refractivity contribution is 5.31. The molecule has 0 atom stereocenters. The Morgan fingerprint density at radius 3 is 1.52 bits per heavy atom. The Kier molecular flexibility index (Phi) is 12.8. The lowest BCUT2D eigenvalue weighted by molar-refractivity contribution is 0.115. The summed E-state index contributed by atoms with van der Waals surface area (Å²) in [6, 6.07) is 14.6. The third kappa shape index (κ3) is 10.6. The van der Waals surface area contributed by atoms with Crippen LogP contribution in [0.1, 0.15) is 57.1 Å². The lowest BCUT2D eigenvalue weighted by atomic mass is 10.2. The standard InChI is InChI=1S/C12H18O2.C11H16O2/c1-2-3-6-9-14-10-11-7-4-5-8-12(11)13;1-2-3-8-13-9-10-6-4-5-7-11(10)12/h4-5,7-8,13H,2-3,6,9-10H2,1H3;4-7,12H,2-3,8-9H2,1H3. The van der Waals surface area contributed by atoms with Crippen molar-refractivity contribution < 1.29 is 19.7 Å². The molecule has 2 aromatic rings. The van der Waals surface area contributed by atoms with Gasteiger partial charge in [-0.1, -0.05) is 69.5 Å². The van der Waals surface area contributed by atoms with Crippen LogP contribution < -0.4 is 0 Å². The molecular formula is C23H34O4. The number of aromatic hydroxyl groups is 2. The second kappa shape index (κ2) is 15.1. The molecule has 0 saturated carbocycles. The molecule has 4 nitrogen and oxygen atoms in total. The normalized spacial score (nSPS) is 10.3. The summed E-state index contributed by atoms with van der Waals surface area (Å²) < 4.78 is 10.8. The number of hydrogen-bond acceptors (Lipinski definition) is 4. The van der Waals surface area contributed by atoms with Gasteiger partial charge in [-0.2, -0.15) is 0 Å². The molecule has 0 heterocycles. The van der Waals surface area contributed by atoms with Gasteiger partial charge in [-0.3, -0.25) is 0 Å². The van der Waals surface area contributed by atoms with Crippen LogP contribution in [-0.4, -0.2) is 23.4 Å². The van der Waals surface area contributed by atoms with Crippen LogP contribution in [0.5, 0.6) is 11.5 Å². The summed E-state index contributed by atoms with van der Waals surface area (Å²) in [5.74, 6) is 0.641. The summed E-state index contributed by atoms with van der Waals surface area (Å²) >= 11 is 0. The highest BCUT2D eigenvalue weighted by Gasteiger charge is 1.99. The molecule has 0 fully saturated rings. The number of benzene rings is 2. The van der Waals surface area contributed by atoms with Crippen molar-refractivity contribution in [3.8, 4) is 11.5 Å². The minimum Gasteiger partial charge on any atom is -0.508 e. The van der Waals surface area contributed by atoms with E-state index in [2.05, 4.69) is 13.8 Å². The van der Waals surface area contributed by atoms with E-state index in [0.29, 0.717) is 24.7 Å². The van der Waals surface area contributed by atoms with Crippen LogP contribution in [0.15, 0.2) is 48.5 Å². The second-order valence-corrected chi connectivity index (χ2v) is 6.42. The monoisotopic (exact) mass is 374 g/mol. The van der Waals surface area contributed by atoms with Gasteiger partial charge in [-0.15, -0.1) is 0 Å². The summed E-state index contributed by atoms with van der Waals surface area (Å²) in [7, 11) is 0. The van der Waals surface area contributed by atoms with Gasteiger partial charge in [0.2, 0.25) is 0 Å². The lowest BCUT2D eigenvalue weighted by Crippen LogP contribution is -1.95. The van der Waals surface area contributed by atoms with E-state index in [0.717, 1.165) is 43.6 Å². The van der Waals surface area contributed by atoms with E-state index in [1.807, 2.05) is 36.4 Å². The van der Waals surface area contributed by atoms with Crippen molar-refractivity contribution in [2.45, 2.75) is 59.2 Å². The molecule has 0 spiro atoms. The maximum atomic E-state index is 9.43. The van der Waals surface area contributed by atoms with Gasteiger partial charge in [0, 0.05) is 24.3 Å². The average Bonchev–Trinajstić information content (AvgIpc) is 2.68. The maximum absolute atomic E-state index is 9.43. The summed E-state index contributed by atoms with van der Waals surface area (Å²) in [6.07, 6.45) is 5.74. The first kappa shape index (κ1) is 23.0. The number of ether oxygens (including phenoxy) is 2. The first-order valence-corrected chi connectivity index (χ1v) is 9.88. The molecule has 27 heavy (non-hydrogen) atoms. The Bertz CT molecular complexity index is 613. The third-order valence-electron chi connectivity index (χ3n) is 4.03. The van der Waals surface area contributed by atoms with Gasteiger partial charge in [-0.25, -0.2) is 0 Å². The van der Waals surface area contributed by atoms with Gasteiger partial charge in [0.05, 0.1) is 13.2 Å². The van der Waals surface area contributed by atoms with E-state index in [-0.39, 0.29) is 0 Å². The quantitative estimate of drug-likeness (QED) is 0.487. The predicted molar refractivity (Wildman–Crippen MR) is 110 cm³/mol. The van der Waals surface area contributed by atoms with Crippen LogP contribution in [0.2, 0.25) is 0 Å². The van der Waals surface area contributed by atoms with Crippen LogP contribution in [-0.2, 0) is 22.7 Å². The Morgan fingerprint density at radius 2 is 1.07 bits per heavy atom. The molecule has 0 aliphatic rings. The van der Waals surface area contributed by atoms with Crippen molar-refractivity contribution in [1.29, 1.82) is 0 Å². The Morgan fingerprint density at radius 1 is 0.630 bits per heavy atom. The van der Waals surface area contributed by atoms with E-state index in [4.69, 9.17) is 9.47 Å². The van der Waals surface area contributed by atoms with Gasteiger partial charge in [0.1, 0.15) is 11.5 Å². The van der Waals surface area contributed by atoms with Crippen LogP contribution >= 0.6 is 0 Å². The van der Waals surface area contributed by atoms with E-state index >= 15 is 0 Å². The van der Waals surface area contributed by atoms with Crippen LogP contribution in [0.4, 0.5) is 0 Å². The lowest BCUT2D eigenvalue weighted by Gasteiger charge is -2.05. The van der Waals surface area contributed by atoms with Crippen molar-refractivity contribution in [1.82, 2.24) is 0 Å². The average molecular weight is 375 g/mol. The molecule has 4 heteroatoms. The minimum absolute atomic E-state index is 0.319. The van der Waals surface area contributed by atoms with Crippen LogP contribution in [0.3, 0.4) is 0 Å². The molecule has 0 bridgehead atoms. The number of para-hydroxylation sites is 2. The molecule has 0 aromatic heterocycles. The zero-order valence-electron chi connectivity index (χ0n) is 16.7. The highest BCUT2D eigenvalue weighted by Crippen LogP contribution is 2.17. The fourth-order valence-electron chi connectivity index (χ4n) is 2.33. The van der Waals surface area contributed by atoms with E-state index in [9.17, 15) is 10.2 Å². The van der Waals surface area contributed by atoms with Crippen LogP contribution in [0, 0.1) is 0 Å². The van der Waals surface area contributed by atoms with Gasteiger partial charge >= 0.3 is 0 Å². The summed E-state index contributed by atoms with van der Waals surface area (Å²) in [5.41, 5.74) is 1.72. The van der Waals surface area contributed by atoms with Crippen LogP contribution in [0.25, 0.3) is 0 Å². The first-order chi connectivity index (χ1) is 13.2. The highest BCUT2D eigenvalue weighted by atomic mass is 16.5. The zero-order valence-corrected chi connectivity index (χ0v) is 16.7. The molecule has 0 unspecified atom stereocenters. The largest absolute Gasteiger partial charge is 0.508 e. The molecule has 2 aromatic carbocycles. The van der Waals surface area contributed by atoms with Gasteiger partial charge in [0.15, 0.2) is 0 Å². The predicted octanol–water partition coefficient (Wildman–Crippen LogP) is 5.81. The fraction of sp³-hybridized carbons (Fsp3) is 0.478. The smallest absolute Gasteiger partial charge is 0.121 e. The Hall–Kier alpha value is -2.04. The molecule has 0 saturated heterocycles. The molecule has 150 valence electrons. The summed E-state index contributed by atoms with van der Waals surface area (Å²) in [4.78, 5) is 0. The van der Waals surface area contributed by atoms with E-state index < -0.39 is 0 Å². The molecule has 2 N–H and O–H groups in total. The number of phenols is 2. The van der Waals surface area contributed by atoms with Gasteiger partial charge in [-0.05, 0) is 25.0 Å². The SMILES string of the molecule is CCCCCOCc1ccccc1O.CCCCOCc1ccccc1O. The number of phenolic OH excluding ortho intramolecular Hbond substituents is 2. The molecule has 0 aliphatic carbocycles. The van der Waals surface area contributed by atoms with E-state index in [1.165, 1.54) is 12.8 Å². The zero-order chi connectivity index (χ0) is 19.7. The van der Waals surface area contributed by atoms with Crippen molar-refractivity contribution in [2.75, 3.05) is 13.2 Å². The van der Waals surface area contributed by atoms with Crippen molar-refractivity contribution >= 4 is 0 Å². The third-order valence-corrected chi connectivity index (χ3v) is 4.03. The molecule has 0 amide bonds. The topological polar surface area (TPSA) is 58.9 Å². The fourth-order valence-corrected chi connectivity index (χ4v) is 2.33. The minimum atomic E-state index is 0.319. The second-order valence-electron chi connectivity index (χ2n) is 6.42. The van der Waals surface area contributed by atoms with Crippen molar-refractivity contribution in [3.05, 3.63) is 59.7 Å². The van der Waals surface area contributed by atoms with Gasteiger partial charge < -0.3 is 19.7 Å². The molecule has 2 rings (SSSR count). The summed E-state index contributed by atoms with van der Waals surface area (Å²) in [5, 5.41) is 18.8. The maximum Gasteiger partial charge on any atom is 0.121 e. The van der Waals surface area contributed by atoms with Crippen molar-refractivity contribution in [3.63, 3.8) is 0 Å². The van der Waals surface area contributed by atoms with Gasteiger partial charge in [0.25, 0.3) is 0 Å². The molecule has 0 aliphatic heterocycles. The number of unbranched alkanes of at least 4 members (excludes halogenated alkanes) is 3. The molecular weight excluding hydrogens is 340 g/mol. The number of hydrogen-bond donors (Lipinski definition) is 2.